The number of halogens is 1. The third-order valence-corrected chi connectivity index (χ3v) is 4.63. The second-order valence-corrected chi connectivity index (χ2v) is 6.57. The van der Waals surface area contributed by atoms with E-state index in [0.29, 0.717) is 36.5 Å². The average molecular weight is 347 g/mol. The standard InChI is InChI=1S/C18H22FN3O3/c19-14-8-6-13(7-9-14)17-20-16(25-22-17)5-3-4-15(24)21-18(12-23)10-1-2-11-18/h6-9,23H,1-5,10-12H2,(H,21,24). The molecular weight excluding hydrogens is 325 g/mol. The third kappa shape index (κ3) is 4.42. The molecule has 25 heavy (non-hydrogen) atoms. The number of hydrogen-bond acceptors (Lipinski definition) is 5. The molecule has 1 heterocycles. The van der Waals surface area contributed by atoms with Crippen molar-refractivity contribution in [2.75, 3.05) is 6.61 Å². The highest BCUT2D eigenvalue weighted by Gasteiger charge is 2.34. The maximum absolute atomic E-state index is 12.9. The number of aryl methyl sites for hydroxylation is 1. The number of aliphatic hydroxyl groups excluding tert-OH is 1. The maximum atomic E-state index is 12.9. The van der Waals surface area contributed by atoms with Crippen molar-refractivity contribution in [2.45, 2.75) is 50.5 Å². The van der Waals surface area contributed by atoms with Crippen LogP contribution in [0.4, 0.5) is 4.39 Å². The lowest BCUT2D eigenvalue weighted by molar-refractivity contribution is -0.123. The van der Waals surface area contributed by atoms with Crippen molar-refractivity contribution in [1.29, 1.82) is 0 Å². The molecule has 1 aromatic carbocycles. The Hall–Kier alpha value is -2.28. The SMILES string of the molecule is O=C(CCCc1nc(-c2ccc(F)cc2)no1)NC1(CO)CCCC1. The summed E-state index contributed by atoms with van der Waals surface area (Å²) in [4.78, 5) is 16.4. The lowest BCUT2D eigenvalue weighted by Crippen LogP contribution is -2.49. The first-order valence-electron chi connectivity index (χ1n) is 8.61. The van der Waals surface area contributed by atoms with Crippen LogP contribution in [0.1, 0.15) is 44.4 Å². The highest BCUT2D eigenvalue weighted by atomic mass is 19.1. The summed E-state index contributed by atoms with van der Waals surface area (Å²) in [5.41, 5.74) is 0.248. The average Bonchev–Trinajstić information content (AvgIpc) is 3.26. The van der Waals surface area contributed by atoms with Gasteiger partial charge in [-0.15, -0.1) is 0 Å². The van der Waals surface area contributed by atoms with Crippen molar-refractivity contribution in [1.82, 2.24) is 15.5 Å². The number of aromatic nitrogens is 2. The summed E-state index contributed by atoms with van der Waals surface area (Å²) in [7, 11) is 0. The van der Waals surface area contributed by atoms with E-state index < -0.39 is 5.54 Å². The topological polar surface area (TPSA) is 88.2 Å². The van der Waals surface area contributed by atoms with Gasteiger partial charge >= 0.3 is 0 Å². The number of nitrogens with zero attached hydrogens (tertiary/aromatic N) is 2. The number of carbonyl (C=O) groups is 1. The number of nitrogens with one attached hydrogen (secondary N) is 1. The number of aliphatic hydroxyl groups is 1. The minimum atomic E-state index is -0.433. The van der Waals surface area contributed by atoms with E-state index in [-0.39, 0.29) is 18.3 Å². The molecule has 1 fully saturated rings. The van der Waals surface area contributed by atoms with Gasteiger partial charge in [0.2, 0.25) is 17.6 Å². The van der Waals surface area contributed by atoms with Gasteiger partial charge in [0.1, 0.15) is 5.82 Å². The summed E-state index contributed by atoms with van der Waals surface area (Å²) >= 11 is 0. The Morgan fingerprint density at radius 3 is 2.68 bits per heavy atom. The van der Waals surface area contributed by atoms with E-state index in [0.717, 1.165) is 25.7 Å². The molecule has 0 aliphatic heterocycles. The van der Waals surface area contributed by atoms with Crippen LogP contribution < -0.4 is 5.32 Å². The Morgan fingerprint density at radius 1 is 1.28 bits per heavy atom. The molecule has 1 aliphatic rings. The second-order valence-electron chi connectivity index (χ2n) is 6.57. The molecule has 0 saturated heterocycles. The molecule has 0 bridgehead atoms. The fourth-order valence-electron chi connectivity index (χ4n) is 3.21. The van der Waals surface area contributed by atoms with E-state index >= 15 is 0 Å². The van der Waals surface area contributed by atoms with Crippen LogP contribution in [-0.2, 0) is 11.2 Å². The Kier molecular flexibility index (Phi) is 5.43. The summed E-state index contributed by atoms with van der Waals surface area (Å²) in [5, 5.41) is 16.4. The highest BCUT2D eigenvalue weighted by molar-refractivity contribution is 5.76. The quantitative estimate of drug-likeness (QED) is 0.804. The highest BCUT2D eigenvalue weighted by Crippen LogP contribution is 2.29. The zero-order valence-corrected chi connectivity index (χ0v) is 14.0. The molecule has 1 aliphatic carbocycles. The van der Waals surface area contributed by atoms with Crippen molar-refractivity contribution >= 4 is 5.91 Å². The van der Waals surface area contributed by atoms with Gasteiger partial charge in [-0.05, 0) is 43.5 Å². The zero-order valence-electron chi connectivity index (χ0n) is 14.0. The predicted molar refractivity (Wildman–Crippen MR) is 89.1 cm³/mol. The lowest BCUT2D eigenvalue weighted by atomic mass is 9.98. The molecule has 134 valence electrons. The van der Waals surface area contributed by atoms with Crippen LogP contribution in [0.3, 0.4) is 0 Å². The van der Waals surface area contributed by atoms with Crippen molar-refractivity contribution < 1.29 is 18.8 Å². The van der Waals surface area contributed by atoms with Crippen molar-refractivity contribution in [3.63, 3.8) is 0 Å². The van der Waals surface area contributed by atoms with Crippen LogP contribution in [0.2, 0.25) is 0 Å². The van der Waals surface area contributed by atoms with E-state index in [9.17, 15) is 14.3 Å². The molecule has 1 amide bonds. The van der Waals surface area contributed by atoms with Gasteiger partial charge in [0.15, 0.2) is 0 Å². The molecule has 3 rings (SSSR count). The number of rotatable bonds is 7. The maximum Gasteiger partial charge on any atom is 0.226 e. The van der Waals surface area contributed by atoms with Gasteiger partial charge in [0, 0.05) is 18.4 Å². The fourth-order valence-corrected chi connectivity index (χ4v) is 3.21. The molecule has 7 heteroatoms. The van der Waals surface area contributed by atoms with Crippen molar-refractivity contribution in [2.24, 2.45) is 0 Å². The lowest BCUT2D eigenvalue weighted by Gasteiger charge is -2.27. The van der Waals surface area contributed by atoms with E-state index in [2.05, 4.69) is 15.5 Å². The fraction of sp³-hybridized carbons (Fsp3) is 0.500. The molecule has 2 N–H and O–H groups in total. The van der Waals surface area contributed by atoms with E-state index in [1.165, 1.54) is 12.1 Å². The largest absolute Gasteiger partial charge is 0.394 e. The smallest absolute Gasteiger partial charge is 0.226 e. The summed E-state index contributed by atoms with van der Waals surface area (Å²) in [6.45, 7) is -0.0105. The predicted octanol–water partition coefficient (Wildman–Crippen LogP) is 2.62. The van der Waals surface area contributed by atoms with Gasteiger partial charge < -0.3 is 14.9 Å². The van der Waals surface area contributed by atoms with Gasteiger partial charge in [-0.2, -0.15) is 4.98 Å². The normalized spacial score (nSPS) is 16.1. The summed E-state index contributed by atoms with van der Waals surface area (Å²) in [5.74, 6) is 0.477. The monoisotopic (exact) mass is 347 g/mol. The van der Waals surface area contributed by atoms with E-state index in [1.807, 2.05) is 0 Å². The molecule has 1 saturated carbocycles. The Labute approximate surface area is 145 Å². The van der Waals surface area contributed by atoms with Crippen molar-refractivity contribution in [3.8, 4) is 11.4 Å². The van der Waals surface area contributed by atoms with Gasteiger partial charge in [0.05, 0.1) is 12.1 Å². The Bertz CT molecular complexity index is 709. The number of amides is 1. The minimum absolute atomic E-state index is 0.0105. The minimum Gasteiger partial charge on any atom is -0.394 e. The number of benzene rings is 1. The van der Waals surface area contributed by atoms with Gasteiger partial charge in [-0.25, -0.2) is 4.39 Å². The van der Waals surface area contributed by atoms with Gasteiger partial charge in [-0.3, -0.25) is 4.79 Å². The van der Waals surface area contributed by atoms with Crippen LogP contribution in [0.15, 0.2) is 28.8 Å². The number of carbonyl (C=O) groups excluding carboxylic acids is 1. The summed E-state index contributed by atoms with van der Waals surface area (Å²) < 4.78 is 18.1. The van der Waals surface area contributed by atoms with Crippen molar-refractivity contribution in [3.05, 3.63) is 36.0 Å². The zero-order chi connectivity index (χ0) is 17.7. The van der Waals surface area contributed by atoms with Crippen LogP contribution in [0.25, 0.3) is 11.4 Å². The summed E-state index contributed by atoms with van der Waals surface area (Å²) in [6.07, 6.45) is 5.16. The molecule has 0 spiro atoms. The van der Waals surface area contributed by atoms with Crippen LogP contribution >= 0.6 is 0 Å². The van der Waals surface area contributed by atoms with Gasteiger partial charge in [-0.1, -0.05) is 18.0 Å². The molecule has 0 unspecified atom stereocenters. The molecule has 1 aromatic heterocycles. The molecule has 0 atom stereocenters. The second kappa shape index (κ2) is 7.74. The first-order chi connectivity index (χ1) is 12.1. The molecule has 0 radical (unpaired) electrons. The molecule has 6 nitrogen and oxygen atoms in total. The summed E-state index contributed by atoms with van der Waals surface area (Å²) in [6, 6.07) is 5.87. The first kappa shape index (κ1) is 17.5. The van der Waals surface area contributed by atoms with Gasteiger partial charge in [0.25, 0.3) is 0 Å². The van der Waals surface area contributed by atoms with Crippen LogP contribution in [0, 0.1) is 5.82 Å². The Balaban J connectivity index is 1.47. The first-order valence-corrected chi connectivity index (χ1v) is 8.61. The van der Waals surface area contributed by atoms with Crippen LogP contribution in [-0.4, -0.2) is 33.3 Å². The van der Waals surface area contributed by atoms with E-state index in [4.69, 9.17) is 4.52 Å². The van der Waals surface area contributed by atoms with E-state index in [1.54, 1.807) is 12.1 Å². The number of hydrogen-bond donors (Lipinski definition) is 2. The third-order valence-electron chi connectivity index (χ3n) is 4.63. The molecule has 2 aromatic rings. The Morgan fingerprint density at radius 2 is 2.00 bits per heavy atom. The molecular formula is C18H22FN3O3. The van der Waals surface area contributed by atoms with Crippen LogP contribution in [0.5, 0.6) is 0 Å².